The molecule has 0 amide bonds. The molecule has 0 fully saturated rings. The maximum absolute atomic E-state index is 13.5. The van der Waals surface area contributed by atoms with Crippen LogP contribution in [0.25, 0.3) is 5.70 Å². The summed E-state index contributed by atoms with van der Waals surface area (Å²) in [5.41, 5.74) is 1.54. The van der Waals surface area contributed by atoms with Gasteiger partial charge in [-0.3, -0.25) is 0 Å². The summed E-state index contributed by atoms with van der Waals surface area (Å²) in [5.74, 6) is -0.443. The van der Waals surface area contributed by atoms with Gasteiger partial charge in [0, 0.05) is 30.6 Å². The van der Waals surface area contributed by atoms with Gasteiger partial charge in [0.15, 0.2) is 0 Å². The normalized spacial score (nSPS) is 18.9. The van der Waals surface area contributed by atoms with E-state index in [0.717, 1.165) is 4.42 Å². The van der Waals surface area contributed by atoms with Gasteiger partial charge in [-0.1, -0.05) is 12.1 Å². The molecule has 0 saturated heterocycles. The predicted molar refractivity (Wildman–Crippen MR) is 66.1 cm³/mol. The quantitative estimate of drug-likeness (QED) is 0.469. The summed E-state index contributed by atoms with van der Waals surface area (Å²) in [6.45, 7) is 0. The van der Waals surface area contributed by atoms with Crippen LogP contribution in [0.3, 0.4) is 0 Å². The van der Waals surface area contributed by atoms with Gasteiger partial charge < -0.3 is 9.64 Å². The number of methoxy groups -OCH3 is 1. The zero-order valence-corrected chi connectivity index (χ0v) is 10.7. The first kappa shape index (κ1) is 12.7. The van der Waals surface area contributed by atoms with E-state index in [-0.39, 0.29) is 0 Å². The Morgan fingerprint density at radius 3 is 2.78 bits per heavy atom. The largest absolute Gasteiger partial charge is 0.465 e. The molecule has 0 spiro atoms. The lowest BCUT2D eigenvalue weighted by Crippen LogP contribution is -2.26. The third-order valence-electron chi connectivity index (χ3n) is 2.66. The van der Waals surface area contributed by atoms with Crippen LogP contribution in [-0.4, -0.2) is 35.9 Å². The number of hydrogen-bond acceptors (Lipinski definition) is 4. The summed E-state index contributed by atoms with van der Waals surface area (Å²) < 4.78 is 19.2. The van der Waals surface area contributed by atoms with E-state index in [9.17, 15) is 9.18 Å². The summed E-state index contributed by atoms with van der Waals surface area (Å²) in [5, 5.41) is 0. The number of nitrogens with zero attached hydrogens (tertiary/aromatic N) is 2. The van der Waals surface area contributed by atoms with Crippen molar-refractivity contribution in [2.24, 2.45) is 0 Å². The van der Waals surface area contributed by atoms with Gasteiger partial charge in [-0.05, 0) is 12.1 Å². The van der Waals surface area contributed by atoms with Crippen molar-refractivity contribution in [1.82, 2.24) is 9.32 Å². The molecular formula is C12H12ClFN2O2. The maximum Gasteiger partial charge on any atom is 0.337 e. The van der Waals surface area contributed by atoms with Crippen molar-refractivity contribution in [3.05, 3.63) is 41.6 Å². The van der Waals surface area contributed by atoms with E-state index >= 15 is 0 Å². The summed E-state index contributed by atoms with van der Waals surface area (Å²) in [6, 6.07) is 6.68. The molecular weight excluding hydrogens is 259 g/mol. The van der Waals surface area contributed by atoms with Gasteiger partial charge in [-0.15, -0.1) is 0 Å². The first-order valence-corrected chi connectivity index (χ1v) is 5.60. The van der Waals surface area contributed by atoms with Crippen molar-refractivity contribution in [1.29, 1.82) is 0 Å². The van der Waals surface area contributed by atoms with Crippen LogP contribution >= 0.6 is 11.8 Å². The van der Waals surface area contributed by atoms with Gasteiger partial charge in [0.1, 0.15) is 0 Å². The number of esters is 1. The highest BCUT2D eigenvalue weighted by molar-refractivity contribution is 6.18. The Balaban J connectivity index is 2.35. The maximum atomic E-state index is 13.5. The number of ether oxygens (including phenoxy) is 1. The van der Waals surface area contributed by atoms with Crippen LogP contribution in [0.5, 0.6) is 0 Å². The summed E-state index contributed by atoms with van der Waals surface area (Å²) in [7, 11) is 2.89. The first-order valence-electron chi connectivity index (χ1n) is 5.26. The number of carbonyl (C=O) groups excluding carboxylic acids is 1. The molecule has 6 heteroatoms. The number of carbonyl (C=O) groups is 1. The molecule has 2 rings (SSSR count). The average molecular weight is 271 g/mol. The van der Waals surface area contributed by atoms with Gasteiger partial charge in [0.25, 0.3) is 6.42 Å². The topological polar surface area (TPSA) is 32.8 Å². The lowest BCUT2D eigenvalue weighted by Gasteiger charge is -2.18. The van der Waals surface area contributed by atoms with Gasteiger partial charge in [0.2, 0.25) is 0 Å². The van der Waals surface area contributed by atoms with Crippen LogP contribution in [0.2, 0.25) is 0 Å². The minimum absolute atomic E-state index is 0.394. The van der Waals surface area contributed by atoms with E-state index in [1.807, 2.05) is 0 Å². The van der Waals surface area contributed by atoms with Crippen molar-refractivity contribution in [3.63, 3.8) is 0 Å². The molecule has 1 heterocycles. The van der Waals surface area contributed by atoms with Crippen LogP contribution in [0, 0.1) is 0 Å². The average Bonchev–Trinajstić information content (AvgIpc) is 2.66. The molecule has 0 bridgehead atoms. The van der Waals surface area contributed by atoms with Crippen LogP contribution in [0.1, 0.15) is 15.9 Å². The lowest BCUT2D eigenvalue weighted by molar-refractivity contribution is 0.0600. The Morgan fingerprint density at radius 2 is 2.22 bits per heavy atom. The first-order chi connectivity index (χ1) is 8.54. The second kappa shape index (κ2) is 4.86. The van der Waals surface area contributed by atoms with Crippen LogP contribution < -0.4 is 0 Å². The van der Waals surface area contributed by atoms with E-state index in [1.54, 1.807) is 37.5 Å². The molecule has 0 aliphatic carbocycles. The monoisotopic (exact) mass is 270 g/mol. The Labute approximate surface area is 109 Å². The lowest BCUT2D eigenvalue weighted by atomic mass is 10.1. The van der Waals surface area contributed by atoms with Crippen molar-refractivity contribution in [3.8, 4) is 0 Å². The fraction of sp³-hybridized carbons (Fsp3) is 0.250. The summed E-state index contributed by atoms with van der Waals surface area (Å²) >= 11 is 5.86. The Hall–Kier alpha value is -1.75. The zero-order valence-electron chi connectivity index (χ0n) is 9.93. The molecule has 18 heavy (non-hydrogen) atoms. The minimum Gasteiger partial charge on any atom is -0.465 e. The van der Waals surface area contributed by atoms with E-state index in [1.165, 1.54) is 12.0 Å². The molecule has 1 aliphatic rings. The third kappa shape index (κ3) is 2.13. The number of hydrogen-bond donors (Lipinski definition) is 0. The molecule has 1 aliphatic heterocycles. The minimum atomic E-state index is -1.41. The molecule has 0 saturated carbocycles. The van der Waals surface area contributed by atoms with Crippen molar-refractivity contribution in [2.45, 2.75) is 6.42 Å². The molecule has 1 unspecified atom stereocenters. The van der Waals surface area contributed by atoms with Crippen molar-refractivity contribution < 1.29 is 13.9 Å². The Morgan fingerprint density at radius 1 is 1.50 bits per heavy atom. The SMILES string of the molecule is COC(=O)c1cccc(C2=CN(C)C(F)N2Cl)c1. The fourth-order valence-corrected chi connectivity index (χ4v) is 1.98. The molecule has 1 aromatic carbocycles. The molecule has 4 nitrogen and oxygen atoms in total. The molecule has 0 N–H and O–H groups in total. The second-order valence-electron chi connectivity index (χ2n) is 3.87. The number of rotatable bonds is 2. The fourth-order valence-electron chi connectivity index (χ4n) is 1.71. The summed E-state index contributed by atoms with van der Waals surface area (Å²) in [6.07, 6.45) is 0.164. The highest BCUT2D eigenvalue weighted by Crippen LogP contribution is 2.32. The molecule has 96 valence electrons. The summed E-state index contributed by atoms with van der Waals surface area (Å²) in [4.78, 5) is 12.8. The molecule has 1 atom stereocenters. The molecule has 0 radical (unpaired) electrons. The van der Waals surface area contributed by atoms with Crippen LogP contribution in [0.15, 0.2) is 30.5 Å². The smallest absolute Gasteiger partial charge is 0.337 e. The Bertz CT molecular complexity index is 507. The number of benzene rings is 1. The van der Waals surface area contributed by atoms with E-state index in [2.05, 4.69) is 4.74 Å². The standard InChI is InChI=1S/C12H12ClFN2O2/c1-15-7-10(16(13)12(15)14)8-4-3-5-9(6-8)11(17)18-2/h3-7,12H,1-2H3. The van der Waals surface area contributed by atoms with Gasteiger partial charge >= 0.3 is 5.97 Å². The van der Waals surface area contributed by atoms with Crippen molar-refractivity contribution in [2.75, 3.05) is 14.2 Å². The number of halogens is 2. The highest BCUT2D eigenvalue weighted by Gasteiger charge is 2.29. The predicted octanol–water partition coefficient (Wildman–Crippen LogP) is 2.43. The van der Waals surface area contributed by atoms with Gasteiger partial charge in [0.05, 0.1) is 18.4 Å². The third-order valence-corrected chi connectivity index (χ3v) is 3.00. The molecule has 0 aromatic heterocycles. The Kier molecular flexibility index (Phi) is 3.43. The highest BCUT2D eigenvalue weighted by atomic mass is 35.5. The molecule has 1 aromatic rings. The van der Waals surface area contributed by atoms with E-state index in [0.29, 0.717) is 16.8 Å². The number of alkyl halides is 1. The van der Waals surface area contributed by atoms with Crippen LogP contribution in [0.4, 0.5) is 4.39 Å². The van der Waals surface area contributed by atoms with E-state index in [4.69, 9.17) is 11.8 Å². The van der Waals surface area contributed by atoms with Crippen molar-refractivity contribution >= 4 is 23.4 Å². The van der Waals surface area contributed by atoms with E-state index < -0.39 is 12.4 Å². The second-order valence-corrected chi connectivity index (χ2v) is 4.24. The van der Waals surface area contributed by atoms with Gasteiger partial charge in [-0.25, -0.2) is 9.21 Å². The van der Waals surface area contributed by atoms with Gasteiger partial charge in [-0.2, -0.15) is 4.39 Å². The van der Waals surface area contributed by atoms with Crippen LogP contribution in [-0.2, 0) is 4.74 Å². The zero-order chi connectivity index (χ0) is 13.3.